The Kier molecular flexibility index (Phi) is 7.02. The molecule has 1 aromatic carbocycles. The maximum Gasteiger partial charge on any atom is 0.264 e. The Morgan fingerprint density at radius 1 is 1.37 bits per heavy atom. The number of piperazine rings is 1. The summed E-state index contributed by atoms with van der Waals surface area (Å²) in [4.78, 5) is 16.1. The van der Waals surface area contributed by atoms with Gasteiger partial charge in [-0.25, -0.2) is 12.8 Å². The number of thiophene rings is 1. The first-order chi connectivity index (χ1) is 12.2. The molecule has 2 aromatic rings. The largest absolute Gasteiger partial charge is 0.328 e. The summed E-state index contributed by atoms with van der Waals surface area (Å²) < 4.78 is 36.7. The summed E-state index contributed by atoms with van der Waals surface area (Å²) in [5.74, 6) is -0.547. The Balaban J connectivity index is 0.00000261. The molecule has 1 atom stereocenters. The molecule has 1 aliphatic rings. The maximum atomic E-state index is 13.6. The van der Waals surface area contributed by atoms with E-state index in [1.165, 1.54) is 29.7 Å². The molecule has 148 valence electrons. The van der Waals surface area contributed by atoms with E-state index in [1.54, 1.807) is 17.0 Å². The highest BCUT2D eigenvalue weighted by atomic mass is 35.5. The van der Waals surface area contributed by atoms with Crippen molar-refractivity contribution in [1.82, 2.24) is 10.2 Å². The van der Waals surface area contributed by atoms with Crippen molar-refractivity contribution in [3.63, 3.8) is 0 Å². The van der Waals surface area contributed by atoms with E-state index in [-0.39, 0.29) is 35.9 Å². The van der Waals surface area contributed by atoms with Crippen LogP contribution in [0.1, 0.15) is 31.7 Å². The van der Waals surface area contributed by atoms with E-state index in [0.29, 0.717) is 30.1 Å². The second-order valence-electron chi connectivity index (χ2n) is 6.54. The molecule has 9 heteroatoms. The third-order valence-electron chi connectivity index (χ3n) is 4.39. The molecule has 1 fully saturated rings. The van der Waals surface area contributed by atoms with Crippen LogP contribution in [0.5, 0.6) is 0 Å². The van der Waals surface area contributed by atoms with Crippen LogP contribution < -0.4 is 5.32 Å². The van der Waals surface area contributed by atoms with Crippen LogP contribution in [0.4, 0.5) is 4.39 Å². The van der Waals surface area contributed by atoms with E-state index in [9.17, 15) is 17.6 Å². The zero-order valence-corrected chi connectivity index (χ0v) is 17.5. The summed E-state index contributed by atoms with van der Waals surface area (Å²) in [5, 5.41) is 3.24. The van der Waals surface area contributed by atoms with Gasteiger partial charge in [-0.1, -0.05) is 12.1 Å². The lowest BCUT2D eigenvalue weighted by Gasteiger charge is -2.36. The van der Waals surface area contributed by atoms with Crippen LogP contribution in [-0.2, 0) is 15.6 Å². The number of carbonyl (C=O) groups excluding carboxylic acids is 1. The first-order valence-corrected chi connectivity index (χ1v) is 11.2. The molecule has 1 aliphatic heterocycles. The third kappa shape index (κ3) is 5.28. The van der Waals surface area contributed by atoms with Gasteiger partial charge in [0, 0.05) is 30.8 Å². The minimum absolute atomic E-state index is 0. The van der Waals surface area contributed by atoms with Crippen LogP contribution in [0, 0.1) is 12.7 Å². The summed E-state index contributed by atoms with van der Waals surface area (Å²) in [5.41, 5.74) is 1.41. The SMILES string of the molecule is Cc1sc(C(=O)N2CCNCC2c2cccc(F)c2)cc1CS(C)(=O)=O.Cl. The van der Waals surface area contributed by atoms with E-state index < -0.39 is 9.84 Å². The molecule has 0 aliphatic carbocycles. The molecule has 0 saturated carbocycles. The van der Waals surface area contributed by atoms with Gasteiger partial charge in [-0.3, -0.25) is 4.79 Å². The number of nitrogens with zero attached hydrogens (tertiary/aromatic N) is 1. The molecule has 27 heavy (non-hydrogen) atoms. The lowest BCUT2D eigenvalue weighted by Crippen LogP contribution is -2.48. The fourth-order valence-electron chi connectivity index (χ4n) is 3.15. The molecule has 0 radical (unpaired) electrons. The molecule has 1 unspecified atom stereocenters. The molecule has 2 heterocycles. The fourth-order valence-corrected chi connectivity index (χ4v) is 5.11. The molecule has 1 saturated heterocycles. The molecule has 1 aromatic heterocycles. The zero-order valence-electron chi connectivity index (χ0n) is 15.1. The summed E-state index contributed by atoms with van der Waals surface area (Å²) in [6.45, 7) is 3.55. The van der Waals surface area contributed by atoms with Gasteiger partial charge in [-0.2, -0.15) is 0 Å². The Hall–Kier alpha value is -1.48. The van der Waals surface area contributed by atoms with Gasteiger partial charge >= 0.3 is 0 Å². The van der Waals surface area contributed by atoms with Crippen LogP contribution in [0.15, 0.2) is 30.3 Å². The smallest absolute Gasteiger partial charge is 0.264 e. The quantitative estimate of drug-likeness (QED) is 0.806. The predicted molar refractivity (Wildman–Crippen MR) is 108 cm³/mol. The minimum Gasteiger partial charge on any atom is -0.328 e. The average Bonchev–Trinajstić information content (AvgIpc) is 2.93. The number of rotatable bonds is 4. The monoisotopic (exact) mass is 432 g/mol. The molecule has 1 amide bonds. The second-order valence-corrected chi connectivity index (χ2v) is 9.93. The molecule has 0 bridgehead atoms. The predicted octanol–water partition coefficient (Wildman–Crippen LogP) is 2.95. The Morgan fingerprint density at radius 3 is 2.78 bits per heavy atom. The molecule has 5 nitrogen and oxygen atoms in total. The van der Waals surface area contributed by atoms with Crippen molar-refractivity contribution in [3.8, 4) is 0 Å². The van der Waals surface area contributed by atoms with Crippen LogP contribution >= 0.6 is 23.7 Å². The van der Waals surface area contributed by atoms with E-state index in [0.717, 1.165) is 10.4 Å². The van der Waals surface area contributed by atoms with E-state index in [1.807, 2.05) is 13.0 Å². The van der Waals surface area contributed by atoms with Crippen LogP contribution in [0.25, 0.3) is 0 Å². The number of sulfone groups is 1. The van der Waals surface area contributed by atoms with E-state index >= 15 is 0 Å². The van der Waals surface area contributed by atoms with Crippen LogP contribution in [0.2, 0.25) is 0 Å². The fraction of sp³-hybridized carbons (Fsp3) is 0.389. The lowest BCUT2D eigenvalue weighted by molar-refractivity contribution is 0.0639. The van der Waals surface area contributed by atoms with Gasteiger partial charge in [0.25, 0.3) is 5.91 Å². The van der Waals surface area contributed by atoms with Crippen molar-refractivity contribution in [3.05, 3.63) is 57.0 Å². The van der Waals surface area contributed by atoms with Crippen LogP contribution in [0.3, 0.4) is 0 Å². The molecular weight excluding hydrogens is 411 g/mol. The number of halogens is 2. The number of amides is 1. The van der Waals surface area contributed by atoms with Crippen molar-refractivity contribution in [2.75, 3.05) is 25.9 Å². The molecule has 0 spiro atoms. The van der Waals surface area contributed by atoms with Crippen molar-refractivity contribution in [1.29, 1.82) is 0 Å². The van der Waals surface area contributed by atoms with Gasteiger partial charge in [0.2, 0.25) is 0 Å². The number of nitrogens with one attached hydrogen (secondary N) is 1. The summed E-state index contributed by atoms with van der Waals surface area (Å²) in [7, 11) is -3.17. The number of benzene rings is 1. The highest BCUT2D eigenvalue weighted by molar-refractivity contribution is 7.89. The average molecular weight is 433 g/mol. The Bertz CT molecular complexity index is 930. The molecule has 3 rings (SSSR count). The van der Waals surface area contributed by atoms with E-state index in [2.05, 4.69) is 5.32 Å². The van der Waals surface area contributed by atoms with Gasteiger partial charge < -0.3 is 10.2 Å². The lowest BCUT2D eigenvalue weighted by atomic mass is 10.0. The van der Waals surface area contributed by atoms with Gasteiger partial charge in [-0.05, 0) is 36.2 Å². The number of hydrogen-bond donors (Lipinski definition) is 1. The second kappa shape index (κ2) is 8.68. The summed E-state index contributed by atoms with van der Waals surface area (Å²) in [6.07, 6.45) is 1.18. The minimum atomic E-state index is -3.17. The van der Waals surface area contributed by atoms with Gasteiger partial charge in [0.15, 0.2) is 9.84 Å². The van der Waals surface area contributed by atoms with Gasteiger partial charge in [0.1, 0.15) is 5.82 Å². The highest BCUT2D eigenvalue weighted by Crippen LogP contribution is 2.29. The topological polar surface area (TPSA) is 66.5 Å². The Morgan fingerprint density at radius 2 is 2.11 bits per heavy atom. The number of aryl methyl sites for hydroxylation is 1. The van der Waals surface area contributed by atoms with E-state index in [4.69, 9.17) is 0 Å². The van der Waals surface area contributed by atoms with Crippen molar-refractivity contribution < 1.29 is 17.6 Å². The number of carbonyl (C=O) groups is 1. The normalized spacial score (nSPS) is 17.4. The van der Waals surface area contributed by atoms with Crippen molar-refractivity contribution in [2.45, 2.75) is 18.7 Å². The van der Waals surface area contributed by atoms with Crippen molar-refractivity contribution in [2.24, 2.45) is 0 Å². The van der Waals surface area contributed by atoms with Gasteiger partial charge in [-0.15, -0.1) is 23.7 Å². The Labute approximate surface area is 168 Å². The maximum absolute atomic E-state index is 13.6. The molecular formula is C18H22ClFN2O3S2. The third-order valence-corrected chi connectivity index (χ3v) is 6.30. The molecule has 1 N–H and O–H groups in total. The number of hydrogen-bond acceptors (Lipinski definition) is 5. The van der Waals surface area contributed by atoms with Crippen LogP contribution in [-0.4, -0.2) is 45.1 Å². The van der Waals surface area contributed by atoms with Gasteiger partial charge in [0.05, 0.1) is 16.7 Å². The zero-order chi connectivity index (χ0) is 18.9. The highest BCUT2D eigenvalue weighted by Gasteiger charge is 2.30. The standard InChI is InChI=1S/C18H21FN2O3S2.ClH/c1-12-14(11-26(2,23)24)9-17(25-12)18(22)21-7-6-20-10-16(21)13-4-3-5-15(19)8-13;/h3-5,8-9,16,20H,6-7,10-11H2,1-2H3;1H. The van der Waals surface area contributed by atoms with Crippen molar-refractivity contribution >= 4 is 39.5 Å². The first kappa shape index (κ1) is 21.8. The first-order valence-electron chi connectivity index (χ1n) is 8.29. The summed E-state index contributed by atoms with van der Waals surface area (Å²) >= 11 is 1.31. The summed E-state index contributed by atoms with van der Waals surface area (Å²) in [6, 6.07) is 7.71.